The number of carbonyl (C=O) groups excluding carboxylic acids is 2. The van der Waals surface area contributed by atoms with Crippen LogP contribution in [0.25, 0.3) is 0 Å². The van der Waals surface area contributed by atoms with E-state index in [2.05, 4.69) is 10.9 Å². The molecule has 24 heavy (non-hydrogen) atoms. The van der Waals surface area contributed by atoms with Crippen LogP contribution in [0.5, 0.6) is 5.75 Å². The molecule has 0 heterocycles. The monoisotopic (exact) mass is 327 g/mol. The predicted octanol–water partition coefficient (Wildman–Crippen LogP) is 1.47. The third-order valence-corrected chi connectivity index (χ3v) is 2.97. The van der Waals surface area contributed by atoms with Crippen LogP contribution in [0.15, 0.2) is 48.5 Å². The van der Waals surface area contributed by atoms with Crippen molar-refractivity contribution in [1.29, 1.82) is 5.26 Å². The van der Waals surface area contributed by atoms with E-state index in [0.717, 1.165) is 0 Å². The maximum Gasteiger partial charge on any atom is 0.276 e. The Morgan fingerprint density at radius 2 is 1.62 bits per heavy atom. The molecule has 2 amide bonds. The number of rotatable bonds is 5. The summed E-state index contributed by atoms with van der Waals surface area (Å²) in [6.07, 6.45) is 0.0110. The minimum Gasteiger partial charge on any atom is -0.484 e. The molecule has 0 aliphatic heterocycles. The lowest BCUT2D eigenvalue weighted by molar-refractivity contribution is -0.129. The molecule has 0 aliphatic rings. The van der Waals surface area contributed by atoms with E-state index in [0.29, 0.717) is 16.9 Å². The van der Waals surface area contributed by atoms with Crippen molar-refractivity contribution >= 4 is 11.8 Å². The molecule has 0 aliphatic carbocycles. The van der Waals surface area contributed by atoms with E-state index in [-0.39, 0.29) is 18.8 Å². The normalized spacial score (nSPS) is 9.67. The first-order valence-corrected chi connectivity index (χ1v) is 7.02. The zero-order valence-electron chi connectivity index (χ0n) is 12.6. The molecule has 0 saturated carbocycles. The molecule has 0 unspecified atom stereocenters. The van der Waals surface area contributed by atoms with Gasteiger partial charge >= 0.3 is 0 Å². The Kier molecular flexibility index (Phi) is 5.86. The molecule has 0 saturated heterocycles. The van der Waals surface area contributed by atoms with E-state index in [1.54, 1.807) is 24.3 Å². The molecule has 0 radical (unpaired) electrons. The first-order chi connectivity index (χ1) is 11.6. The van der Waals surface area contributed by atoms with E-state index in [4.69, 9.17) is 10.00 Å². The lowest BCUT2D eigenvalue weighted by atomic mass is 10.1. The number of hydrogen-bond donors (Lipinski definition) is 2. The number of hydrazine groups is 1. The van der Waals surface area contributed by atoms with Gasteiger partial charge in [0.25, 0.3) is 5.91 Å². The first-order valence-electron chi connectivity index (χ1n) is 7.02. The largest absolute Gasteiger partial charge is 0.484 e. The van der Waals surface area contributed by atoms with Gasteiger partial charge in [-0.2, -0.15) is 5.26 Å². The fraction of sp³-hybridized carbons (Fsp3) is 0.118. The van der Waals surface area contributed by atoms with Crippen LogP contribution in [0, 0.1) is 17.1 Å². The van der Waals surface area contributed by atoms with Crippen molar-refractivity contribution in [3.8, 4) is 11.8 Å². The standard InChI is InChI=1S/C17H14FN3O3/c18-14-5-1-12(2-6-14)9-16(22)20-21-17(23)11-24-15-7-3-13(10-19)4-8-15/h1-8H,9,11H2,(H,20,22)(H,21,23). The van der Waals surface area contributed by atoms with E-state index in [9.17, 15) is 14.0 Å². The average Bonchev–Trinajstić information content (AvgIpc) is 2.60. The molecule has 6 nitrogen and oxygen atoms in total. The van der Waals surface area contributed by atoms with Gasteiger partial charge in [-0.3, -0.25) is 20.4 Å². The van der Waals surface area contributed by atoms with Gasteiger partial charge in [-0.25, -0.2) is 4.39 Å². The van der Waals surface area contributed by atoms with Crippen molar-refractivity contribution in [1.82, 2.24) is 10.9 Å². The number of nitrogens with one attached hydrogen (secondary N) is 2. The highest BCUT2D eigenvalue weighted by Crippen LogP contribution is 2.11. The summed E-state index contributed by atoms with van der Waals surface area (Å²) >= 11 is 0. The zero-order valence-corrected chi connectivity index (χ0v) is 12.6. The maximum atomic E-state index is 12.8. The third kappa shape index (κ3) is 5.42. The Labute approximate surface area is 137 Å². The molecular weight excluding hydrogens is 313 g/mol. The van der Waals surface area contributed by atoms with Gasteiger partial charge in [0.15, 0.2) is 6.61 Å². The van der Waals surface area contributed by atoms with E-state index >= 15 is 0 Å². The maximum absolute atomic E-state index is 12.8. The molecule has 2 N–H and O–H groups in total. The Morgan fingerprint density at radius 1 is 1.00 bits per heavy atom. The molecule has 7 heteroatoms. The van der Waals surface area contributed by atoms with Gasteiger partial charge in [-0.15, -0.1) is 0 Å². The second-order valence-electron chi connectivity index (χ2n) is 4.82. The summed E-state index contributed by atoms with van der Waals surface area (Å²) in [6, 6.07) is 13.7. The quantitative estimate of drug-likeness (QED) is 0.814. The van der Waals surface area contributed by atoms with Crippen LogP contribution >= 0.6 is 0 Å². The van der Waals surface area contributed by atoms with Crippen molar-refractivity contribution in [2.75, 3.05) is 6.61 Å². The van der Waals surface area contributed by atoms with E-state index in [1.165, 1.54) is 24.3 Å². The number of nitriles is 1. The third-order valence-electron chi connectivity index (χ3n) is 2.97. The Morgan fingerprint density at radius 3 is 2.25 bits per heavy atom. The minimum atomic E-state index is -0.535. The van der Waals surface area contributed by atoms with Gasteiger partial charge in [0.2, 0.25) is 5.91 Å². The molecule has 0 aromatic heterocycles. The van der Waals surface area contributed by atoms with Gasteiger partial charge in [0.05, 0.1) is 18.1 Å². The number of nitrogens with zero attached hydrogens (tertiary/aromatic N) is 1. The molecule has 2 aromatic carbocycles. The van der Waals surface area contributed by atoms with Crippen LogP contribution in [0.3, 0.4) is 0 Å². The summed E-state index contributed by atoms with van der Waals surface area (Å²) < 4.78 is 18.0. The molecule has 2 aromatic rings. The highest BCUT2D eigenvalue weighted by molar-refractivity contribution is 5.83. The minimum absolute atomic E-state index is 0.0110. The van der Waals surface area contributed by atoms with Crippen molar-refractivity contribution in [2.45, 2.75) is 6.42 Å². The number of amides is 2. The summed E-state index contributed by atoms with van der Waals surface area (Å²) in [5.74, 6) is -0.922. The van der Waals surface area contributed by atoms with Crippen molar-refractivity contribution in [3.63, 3.8) is 0 Å². The number of halogens is 1. The predicted molar refractivity (Wildman–Crippen MR) is 83.0 cm³/mol. The van der Waals surface area contributed by atoms with Crippen molar-refractivity contribution < 1.29 is 18.7 Å². The summed E-state index contributed by atoms with van der Waals surface area (Å²) in [4.78, 5) is 23.2. The van der Waals surface area contributed by atoms with Gasteiger partial charge in [0.1, 0.15) is 11.6 Å². The second-order valence-corrected chi connectivity index (χ2v) is 4.82. The smallest absolute Gasteiger partial charge is 0.276 e. The fourth-order valence-electron chi connectivity index (χ4n) is 1.78. The lowest BCUT2D eigenvalue weighted by Crippen LogP contribution is -2.44. The summed E-state index contributed by atoms with van der Waals surface area (Å²) in [5, 5.41) is 8.67. The summed E-state index contributed by atoms with van der Waals surface area (Å²) in [7, 11) is 0. The molecule has 0 fully saturated rings. The van der Waals surface area contributed by atoms with Crippen LogP contribution in [0.1, 0.15) is 11.1 Å². The Balaban J connectivity index is 1.71. The number of ether oxygens (including phenoxy) is 1. The lowest BCUT2D eigenvalue weighted by Gasteiger charge is -2.09. The van der Waals surface area contributed by atoms with Gasteiger partial charge in [-0.05, 0) is 42.0 Å². The average molecular weight is 327 g/mol. The zero-order chi connectivity index (χ0) is 17.4. The fourth-order valence-corrected chi connectivity index (χ4v) is 1.78. The van der Waals surface area contributed by atoms with Gasteiger partial charge in [0, 0.05) is 0 Å². The van der Waals surface area contributed by atoms with Crippen LogP contribution in [0.4, 0.5) is 4.39 Å². The summed E-state index contributed by atoms with van der Waals surface area (Å²) in [5.41, 5.74) is 5.57. The van der Waals surface area contributed by atoms with Gasteiger partial charge < -0.3 is 4.74 Å². The highest BCUT2D eigenvalue weighted by Gasteiger charge is 2.07. The molecule has 2 rings (SSSR count). The first kappa shape index (κ1) is 17.0. The van der Waals surface area contributed by atoms with Gasteiger partial charge in [-0.1, -0.05) is 12.1 Å². The van der Waals surface area contributed by atoms with Crippen LogP contribution < -0.4 is 15.6 Å². The number of benzene rings is 2. The highest BCUT2D eigenvalue weighted by atomic mass is 19.1. The van der Waals surface area contributed by atoms with E-state index in [1.807, 2.05) is 6.07 Å². The molecule has 0 atom stereocenters. The molecule has 0 bridgehead atoms. The Bertz CT molecular complexity index is 752. The van der Waals surface area contributed by atoms with E-state index < -0.39 is 11.8 Å². The second kappa shape index (κ2) is 8.29. The van der Waals surface area contributed by atoms with Crippen molar-refractivity contribution in [2.24, 2.45) is 0 Å². The summed E-state index contributed by atoms with van der Waals surface area (Å²) in [6.45, 7) is -0.289. The molecular formula is C17H14FN3O3. The number of hydrogen-bond acceptors (Lipinski definition) is 4. The van der Waals surface area contributed by atoms with Crippen LogP contribution in [0.2, 0.25) is 0 Å². The topological polar surface area (TPSA) is 91.2 Å². The molecule has 0 spiro atoms. The van der Waals surface area contributed by atoms with Crippen LogP contribution in [-0.2, 0) is 16.0 Å². The molecule has 122 valence electrons. The van der Waals surface area contributed by atoms with Crippen molar-refractivity contribution in [3.05, 3.63) is 65.5 Å². The Hall–Kier alpha value is -3.40. The van der Waals surface area contributed by atoms with Crippen LogP contribution in [-0.4, -0.2) is 18.4 Å². The number of carbonyl (C=O) groups is 2. The SMILES string of the molecule is N#Cc1ccc(OCC(=O)NNC(=O)Cc2ccc(F)cc2)cc1.